The number of hydrogen-bond acceptors (Lipinski definition) is 6. The quantitative estimate of drug-likeness (QED) is 0.186. The molecule has 0 fully saturated rings. The average Bonchev–Trinajstić information content (AvgIpc) is 3.31. The van der Waals surface area contributed by atoms with Gasteiger partial charge in [-0.2, -0.15) is 0 Å². The standard InChI is InChI=1S/C27H28Cl2N2O5S/c1-15(2)8-9-36-13-17-6-5-7-19(24(17)35-4)23-14-37-27(30-23)31-25(32)18-11-21(28)20(22(29)12-18)10-16(3)26(33)34/h5-7,10-12,14-15H,8-9,13H2,1-4H3,(H,33,34)(H,30,31,32)/b16-10+. The number of amides is 1. The van der Waals surface area contributed by atoms with Gasteiger partial charge in [0.15, 0.2) is 5.13 Å². The van der Waals surface area contributed by atoms with E-state index in [-0.39, 0.29) is 21.2 Å². The van der Waals surface area contributed by atoms with Gasteiger partial charge in [0.1, 0.15) is 5.75 Å². The van der Waals surface area contributed by atoms with Gasteiger partial charge in [-0.1, -0.05) is 49.2 Å². The Bertz CT molecular complexity index is 1300. The second-order valence-corrected chi connectivity index (χ2v) is 10.4. The maximum atomic E-state index is 12.9. The lowest BCUT2D eigenvalue weighted by molar-refractivity contribution is -0.132. The molecular weight excluding hydrogens is 535 g/mol. The van der Waals surface area contributed by atoms with E-state index >= 15 is 0 Å². The molecule has 7 nitrogen and oxygen atoms in total. The molecule has 37 heavy (non-hydrogen) atoms. The van der Waals surface area contributed by atoms with Crippen LogP contribution in [0.25, 0.3) is 17.3 Å². The molecule has 0 aliphatic carbocycles. The lowest BCUT2D eigenvalue weighted by Gasteiger charge is -2.13. The number of aromatic nitrogens is 1. The van der Waals surface area contributed by atoms with Crippen LogP contribution in [0.4, 0.5) is 5.13 Å². The van der Waals surface area contributed by atoms with Gasteiger partial charge in [0.2, 0.25) is 0 Å². The lowest BCUT2D eigenvalue weighted by Crippen LogP contribution is -2.12. The van der Waals surface area contributed by atoms with Crippen molar-refractivity contribution in [1.82, 2.24) is 4.98 Å². The van der Waals surface area contributed by atoms with Gasteiger partial charge in [-0.05, 0) is 43.5 Å². The van der Waals surface area contributed by atoms with Crippen molar-refractivity contribution < 1.29 is 24.2 Å². The highest BCUT2D eigenvalue weighted by molar-refractivity contribution is 7.14. The molecule has 196 valence electrons. The highest BCUT2D eigenvalue weighted by atomic mass is 35.5. The molecule has 0 unspecified atom stereocenters. The number of carboxylic acids is 1. The number of nitrogens with zero attached hydrogens (tertiary/aromatic N) is 1. The topological polar surface area (TPSA) is 97.8 Å². The molecule has 1 amide bonds. The number of thiazole rings is 1. The number of ether oxygens (including phenoxy) is 2. The zero-order valence-corrected chi connectivity index (χ0v) is 23.3. The monoisotopic (exact) mass is 562 g/mol. The summed E-state index contributed by atoms with van der Waals surface area (Å²) >= 11 is 13.8. The number of carbonyl (C=O) groups excluding carboxylic acids is 1. The van der Waals surface area contributed by atoms with E-state index in [9.17, 15) is 9.59 Å². The van der Waals surface area contributed by atoms with Crippen LogP contribution in [0.1, 0.15) is 48.7 Å². The van der Waals surface area contributed by atoms with Crippen LogP contribution >= 0.6 is 34.5 Å². The van der Waals surface area contributed by atoms with Crippen molar-refractivity contribution in [2.75, 3.05) is 19.0 Å². The van der Waals surface area contributed by atoms with Crippen molar-refractivity contribution in [2.24, 2.45) is 5.92 Å². The van der Waals surface area contributed by atoms with Gasteiger partial charge in [0, 0.05) is 39.8 Å². The number of halogens is 2. The van der Waals surface area contributed by atoms with Crippen LogP contribution in [-0.2, 0) is 16.1 Å². The summed E-state index contributed by atoms with van der Waals surface area (Å²) in [4.78, 5) is 28.5. The van der Waals surface area contributed by atoms with Crippen molar-refractivity contribution in [1.29, 1.82) is 0 Å². The summed E-state index contributed by atoms with van der Waals surface area (Å²) in [6.45, 7) is 6.84. The lowest BCUT2D eigenvalue weighted by atomic mass is 10.1. The molecule has 0 saturated carbocycles. The number of carboxylic acid groups (broad SMARTS) is 1. The van der Waals surface area contributed by atoms with E-state index < -0.39 is 11.9 Å². The van der Waals surface area contributed by atoms with Crippen molar-refractivity contribution >= 4 is 57.6 Å². The maximum Gasteiger partial charge on any atom is 0.331 e. The fraction of sp³-hybridized carbons (Fsp3) is 0.296. The average molecular weight is 564 g/mol. The Balaban J connectivity index is 1.77. The van der Waals surface area contributed by atoms with E-state index in [0.29, 0.717) is 41.3 Å². The number of benzene rings is 2. The maximum absolute atomic E-state index is 12.9. The Labute approximate surface area is 230 Å². The Kier molecular flexibility index (Phi) is 10.1. The molecule has 2 aromatic carbocycles. The molecule has 10 heteroatoms. The summed E-state index contributed by atoms with van der Waals surface area (Å²) in [5.74, 6) is -0.294. The van der Waals surface area contributed by atoms with Crippen LogP contribution < -0.4 is 10.1 Å². The Morgan fingerprint density at radius 2 is 1.92 bits per heavy atom. The molecule has 0 spiro atoms. The van der Waals surface area contributed by atoms with Crippen LogP contribution in [0.15, 0.2) is 41.3 Å². The first-order valence-electron chi connectivity index (χ1n) is 11.5. The van der Waals surface area contributed by atoms with Gasteiger partial charge in [-0.3, -0.25) is 10.1 Å². The van der Waals surface area contributed by atoms with Crippen molar-refractivity contribution in [2.45, 2.75) is 33.8 Å². The Morgan fingerprint density at radius 1 is 1.22 bits per heavy atom. The summed E-state index contributed by atoms with van der Waals surface area (Å²) in [5, 5.41) is 14.4. The van der Waals surface area contributed by atoms with Crippen molar-refractivity contribution in [3.05, 3.63) is 68.0 Å². The second kappa shape index (κ2) is 13.1. The van der Waals surface area contributed by atoms with Crippen LogP contribution in [0, 0.1) is 5.92 Å². The highest BCUT2D eigenvalue weighted by Gasteiger charge is 2.17. The van der Waals surface area contributed by atoms with Gasteiger partial charge in [-0.15, -0.1) is 11.3 Å². The SMILES string of the molecule is COc1c(COCCC(C)C)cccc1-c1csc(NC(=O)c2cc(Cl)c(/C=C(\C)C(=O)O)c(Cl)c2)n1. The molecule has 0 atom stereocenters. The highest BCUT2D eigenvalue weighted by Crippen LogP contribution is 2.35. The Morgan fingerprint density at radius 3 is 2.54 bits per heavy atom. The Hall–Kier alpha value is -2.91. The molecule has 2 N–H and O–H groups in total. The van der Waals surface area contributed by atoms with Gasteiger partial charge < -0.3 is 14.6 Å². The van der Waals surface area contributed by atoms with E-state index in [1.165, 1.54) is 36.5 Å². The van der Waals surface area contributed by atoms with Crippen LogP contribution in [0.5, 0.6) is 5.75 Å². The van der Waals surface area contributed by atoms with E-state index in [4.69, 9.17) is 37.8 Å². The fourth-order valence-corrected chi connectivity index (χ4v) is 4.70. The van der Waals surface area contributed by atoms with E-state index in [1.807, 2.05) is 23.6 Å². The van der Waals surface area contributed by atoms with Gasteiger partial charge in [0.05, 0.1) is 29.5 Å². The number of hydrogen-bond donors (Lipinski definition) is 2. The first kappa shape index (κ1) is 28.7. The van der Waals surface area contributed by atoms with E-state index in [1.54, 1.807) is 7.11 Å². The van der Waals surface area contributed by atoms with Gasteiger partial charge >= 0.3 is 5.97 Å². The summed E-state index contributed by atoms with van der Waals surface area (Å²) in [7, 11) is 1.61. The number of para-hydroxylation sites is 1. The number of rotatable bonds is 11. The molecule has 0 aliphatic heterocycles. The molecule has 0 bridgehead atoms. The summed E-state index contributed by atoms with van der Waals surface area (Å²) in [5.41, 5.74) is 2.98. The third kappa shape index (κ3) is 7.55. The van der Waals surface area contributed by atoms with E-state index in [2.05, 4.69) is 24.1 Å². The molecule has 3 rings (SSSR count). The zero-order chi connectivity index (χ0) is 27.1. The first-order chi connectivity index (χ1) is 17.6. The number of anilines is 1. The molecule has 1 heterocycles. The normalized spacial score (nSPS) is 11.6. The number of carbonyl (C=O) groups is 2. The number of nitrogens with one attached hydrogen (secondary N) is 1. The minimum Gasteiger partial charge on any atom is -0.496 e. The minimum atomic E-state index is -1.09. The van der Waals surface area contributed by atoms with Crippen LogP contribution in [0.2, 0.25) is 10.0 Å². The fourth-order valence-electron chi connectivity index (χ4n) is 3.40. The minimum absolute atomic E-state index is 0.0675. The van der Waals surface area contributed by atoms with Gasteiger partial charge in [0.25, 0.3) is 5.91 Å². The molecule has 3 aromatic rings. The molecule has 0 radical (unpaired) electrons. The van der Waals surface area contributed by atoms with Crippen molar-refractivity contribution in [3.8, 4) is 17.0 Å². The molecule has 0 saturated heterocycles. The predicted octanol–water partition coefficient (Wildman–Crippen LogP) is 7.43. The first-order valence-corrected chi connectivity index (χ1v) is 13.2. The zero-order valence-electron chi connectivity index (χ0n) is 20.9. The third-order valence-electron chi connectivity index (χ3n) is 5.44. The van der Waals surface area contributed by atoms with Crippen LogP contribution in [0.3, 0.4) is 0 Å². The number of aliphatic carboxylic acids is 1. The third-order valence-corrected chi connectivity index (χ3v) is 6.82. The molecule has 1 aromatic heterocycles. The van der Waals surface area contributed by atoms with Crippen molar-refractivity contribution in [3.63, 3.8) is 0 Å². The predicted molar refractivity (Wildman–Crippen MR) is 149 cm³/mol. The molecular formula is C27H28Cl2N2O5S. The van der Waals surface area contributed by atoms with Crippen LogP contribution in [-0.4, -0.2) is 35.7 Å². The summed E-state index contributed by atoms with van der Waals surface area (Å²) in [6.07, 6.45) is 2.34. The number of methoxy groups -OCH3 is 1. The second-order valence-electron chi connectivity index (χ2n) is 8.71. The summed E-state index contributed by atoms with van der Waals surface area (Å²) < 4.78 is 11.5. The largest absolute Gasteiger partial charge is 0.496 e. The van der Waals surface area contributed by atoms with Gasteiger partial charge in [-0.25, -0.2) is 9.78 Å². The smallest absolute Gasteiger partial charge is 0.331 e. The molecule has 0 aliphatic rings. The van der Waals surface area contributed by atoms with E-state index in [0.717, 1.165) is 17.5 Å². The summed E-state index contributed by atoms with van der Waals surface area (Å²) in [6, 6.07) is 8.65.